The van der Waals surface area contributed by atoms with E-state index >= 15 is 0 Å². The van der Waals surface area contributed by atoms with Gasteiger partial charge in [0.2, 0.25) is 0 Å². The molecular formula is C27H30ClN3O3. The maximum absolute atomic E-state index is 10.7. The van der Waals surface area contributed by atoms with Crippen LogP contribution in [0, 0.1) is 0 Å². The van der Waals surface area contributed by atoms with E-state index in [9.17, 15) is 5.11 Å². The lowest BCUT2D eigenvalue weighted by Crippen LogP contribution is -1.99. The van der Waals surface area contributed by atoms with Crippen molar-refractivity contribution < 1.29 is 14.6 Å². The maximum atomic E-state index is 10.7. The summed E-state index contributed by atoms with van der Waals surface area (Å²) in [4.78, 5) is 4.70. The van der Waals surface area contributed by atoms with Crippen LogP contribution in [0.25, 0.3) is 0 Å². The van der Waals surface area contributed by atoms with Crippen molar-refractivity contribution in [2.45, 2.75) is 39.5 Å². The summed E-state index contributed by atoms with van der Waals surface area (Å²) in [7, 11) is 3.17. The highest BCUT2D eigenvalue weighted by molar-refractivity contribution is 6.30. The minimum absolute atomic E-state index is 0.140. The first-order valence-electron chi connectivity index (χ1n) is 11.1. The van der Waals surface area contributed by atoms with E-state index < -0.39 is 0 Å². The Morgan fingerprint density at radius 3 is 1.91 bits per heavy atom. The zero-order valence-electron chi connectivity index (χ0n) is 20.3. The minimum atomic E-state index is 0.140. The van der Waals surface area contributed by atoms with Gasteiger partial charge in [-0.1, -0.05) is 39.3 Å². The predicted octanol–water partition coefficient (Wildman–Crippen LogP) is 8.17. The Balaban J connectivity index is 2.12. The molecule has 0 fully saturated rings. The molecule has 0 aliphatic heterocycles. The number of halogens is 1. The number of aromatic hydroxyl groups is 1. The zero-order chi connectivity index (χ0) is 24.8. The van der Waals surface area contributed by atoms with E-state index in [1.165, 1.54) is 0 Å². The fourth-order valence-electron chi connectivity index (χ4n) is 3.46. The first kappa shape index (κ1) is 25.2. The molecule has 0 saturated carbocycles. The summed E-state index contributed by atoms with van der Waals surface area (Å²) in [5.41, 5.74) is 3.72. The SMILES string of the molecule is COc1ccc(C(N=Nc2cc(C(C)C)c(O)c(C(C)C)c2)=Nc2ccc(Cl)cc2)cc1OC. The molecule has 0 radical (unpaired) electrons. The van der Waals surface area contributed by atoms with Crippen LogP contribution in [0.3, 0.4) is 0 Å². The van der Waals surface area contributed by atoms with Crippen LogP contribution in [-0.4, -0.2) is 25.2 Å². The van der Waals surface area contributed by atoms with E-state index in [2.05, 4.69) is 10.2 Å². The standard InChI is InChI=1S/C27H30ClN3O3/c1-16(2)22-14-21(15-23(17(3)4)26(22)32)30-31-27(29-20-10-8-19(28)9-11-20)18-7-12-24(33-5)25(13-18)34-6/h7-17,32H,1-6H3. The molecule has 0 aliphatic carbocycles. The molecule has 3 aromatic carbocycles. The Morgan fingerprint density at radius 2 is 1.38 bits per heavy atom. The molecule has 3 rings (SSSR count). The van der Waals surface area contributed by atoms with Gasteiger partial charge in [-0.05, 0) is 77.6 Å². The number of benzene rings is 3. The Bertz CT molecular complexity index is 1170. The van der Waals surface area contributed by atoms with E-state index in [0.29, 0.717) is 45.0 Å². The first-order valence-corrected chi connectivity index (χ1v) is 11.5. The number of hydrogen-bond acceptors (Lipinski definition) is 5. The number of methoxy groups -OCH3 is 2. The van der Waals surface area contributed by atoms with Crippen LogP contribution in [0.4, 0.5) is 11.4 Å². The zero-order valence-corrected chi connectivity index (χ0v) is 21.1. The van der Waals surface area contributed by atoms with Gasteiger partial charge in [0.05, 0.1) is 25.6 Å². The molecule has 0 heterocycles. The van der Waals surface area contributed by atoms with Crippen molar-refractivity contribution in [2.24, 2.45) is 15.2 Å². The van der Waals surface area contributed by atoms with Crippen molar-refractivity contribution in [3.63, 3.8) is 0 Å². The number of phenolic OH excluding ortho intramolecular Hbond substituents is 1. The van der Waals surface area contributed by atoms with Crippen molar-refractivity contribution >= 4 is 28.8 Å². The highest BCUT2D eigenvalue weighted by Gasteiger charge is 2.16. The molecule has 0 amide bonds. The Kier molecular flexibility index (Phi) is 8.29. The van der Waals surface area contributed by atoms with E-state index in [4.69, 9.17) is 26.1 Å². The van der Waals surface area contributed by atoms with Gasteiger partial charge in [0, 0.05) is 10.6 Å². The summed E-state index contributed by atoms with van der Waals surface area (Å²) < 4.78 is 10.8. The van der Waals surface area contributed by atoms with Gasteiger partial charge in [-0.15, -0.1) is 10.2 Å². The van der Waals surface area contributed by atoms with E-state index in [0.717, 1.165) is 11.1 Å². The third-order valence-corrected chi connectivity index (χ3v) is 5.61. The summed E-state index contributed by atoms with van der Waals surface area (Å²) in [6.45, 7) is 8.16. The van der Waals surface area contributed by atoms with Gasteiger partial charge in [-0.3, -0.25) is 0 Å². The Labute approximate surface area is 205 Å². The van der Waals surface area contributed by atoms with Crippen LogP contribution in [0.2, 0.25) is 5.02 Å². The molecule has 3 aromatic rings. The number of rotatable bonds is 7. The van der Waals surface area contributed by atoms with Gasteiger partial charge in [0.25, 0.3) is 0 Å². The Morgan fingerprint density at radius 1 is 0.794 bits per heavy atom. The van der Waals surface area contributed by atoms with Crippen LogP contribution in [-0.2, 0) is 0 Å². The summed E-state index contributed by atoms with van der Waals surface area (Å²) in [6.07, 6.45) is 0. The molecule has 0 unspecified atom stereocenters. The quantitative estimate of drug-likeness (QED) is 0.211. The Hall–Kier alpha value is -3.38. The van der Waals surface area contributed by atoms with Crippen molar-refractivity contribution in [1.29, 1.82) is 0 Å². The van der Waals surface area contributed by atoms with Crippen molar-refractivity contribution in [3.8, 4) is 17.2 Å². The predicted molar refractivity (Wildman–Crippen MR) is 138 cm³/mol. The molecule has 1 N–H and O–H groups in total. The molecular weight excluding hydrogens is 450 g/mol. The lowest BCUT2D eigenvalue weighted by Gasteiger charge is -2.16. The van der Waals surface area contributed by atoms with E-state index in [1.807, 2.05) is 64.1 Å². The lowest BCUT2D eigenvalue weighted by atomic mass is 9.93. The van der Waals surface area contributed by atoms with E-state index in [1.54, 1.807) is 32.4 Å². The largest absolute Gasteiger partial charge is 0.507 e. The second-order valence-corrected chi connectivity index (χ2v) is 8.90. The van der Waals surface area contributed by atoms with Crippen LogP contribution in [0.1, 0.15) is 56.2 Å². The van der Waals surface area contributed by atoms with Crippen molar-refractivity contribution in [3.05, 3.63) is 76.3 Å². The molecule has 0 saturated heterocycles. The van der Waals surface area contributed by atoms with Crippen molar-refractivity contribution in [2.75, 3.05) is 14.2 Å². The normalized spacial score (nSPS) is 12.1. The molecule has 0 spiro atoms. The highest BCUT2D eigenvalue weighted by Crippen LogP contribution is 2.37. The van der Waals surface area contributed by atoms with Crippen LogP contribution in [0.15, 0.2) is 69.8 Å². The van der Waals surface area contributed by atoms with Crippen LogP contribution in [0.5, 0.6) is 17.2 Å². The summed E-state index contributed by atoms with van der Waals surface area (Å²) in [5, 5.41) is 20.3. The second kappa shape index (κ2) is 11.2. The van der Waals surface area contributed by atoms with Gasteiger partial charge in [0.1, 0.15) is 5.75 Å². The fourth-order valence-corrected chi connectivity index (χ4v) is 3.59. The average Bonchev–Trinajstić information content (AvgIpc) is 2.82. The smallest absolute Gasteiger partial charge is 0.182 e. The minimum Gasteiger partial charge on any atom is -0.507 e. The van der Waals surface area contributed by atoms with Crippen molar-refractivity contribution in [1.82, 2.24) is 0 Å². The molecule has 34 heavy (non-hydrogen) atoms. The summed E-state index contributed by atoms with van der Waals surface area (Å²) in [6, 6.07) is 16.4. The maximum Gasteiger partial charge on any atom is 0.182 e. The third-order valence-electron chi connectivity index (χ3n) is 5.36. The van der Waals surface area contributed by atoms with Gasteiger partial charge in [0.15, 0.2) is 17.3 Å². The number of amidine groups is 1. The molecule has 0 atom stereocenters. The highest BCUT2D eigenvalue weighted by atomic mass is 35.5. The third kappa shape index (κ3) is 5.94. The number of nitrogens with zero attached hydrogens (tertiary/aromatic N) is 3. The van der Waals surface area contributed by atoms with Gasteiger partial charge < -0.3 is 14.6 Å². The van der Waals surface area contributed by atoms with Crippen LogP contribution >= 0.6 is 11.6 Å². The second-order valence-electron chi connectivity index (χ2n) is 8.46. The topological polar surface area (TPSA) is 75.8 Å². The fraction of sp³-hybridized carbons (Fsp3) is 0.296. The molecule has 0 bridgehead atoms. The molecule has 6 nitrogen and oxygen atoms in total. The molecule has 0 aromatic heterocycles. The molecule has 178 valence electrons. The monoisotopic (exact) mass is 479 g/mol. The van der Waals surface area contributed by atoms with Crippen LogP contribution < -0.4 is 9.47 Å². The number of phenols is 1. The number of hydrogen-bond donors (Lipinski definition) is 1. The average molecular weight is 480 g/mol. The van der Waals surface area contributed by atoms with Gasteiger partial charge >= 0.3 is 0 Å². The number of ether oxygens (including phenoxy) is 2. The van der Waals surface area contributed by atoms with Gasteiger partial charge in [-0.2, -0.15) is 0 Å². The first-order chi connectivity index (χ1) is 16.2. The summed E-state index contributed by atoms with van der Waals surface area (Å²) >= 11 is 6.03. The summed E-state index contributed by atoms with van der Waals surface area (Å²) in [5.74, 6) is 2.16. The number of azo groups is 1. The van der Waals surface area contributed by atoms with Gasteiger partial charge in [-0.25, -0.2) is 4.99 Å². The van der Waals surface area contributed by atoms with E-state index in [-0.39, 0.29) is 11.8 Å². The molecule has 7 heteroatoms. The lowest BCUT2D eigenvalue weighted by molar-refractivity contribution is 0.355. The molecule has 0 aliphatic rings. The number of aliphatic imine (C=N–C) groups is 1.